The first-order chi connectivity index (χ1) is 12.1. The molecule has 0 saturated carbocycles. The number of carbonyl (C=O) groups is 1. The second kappa shape index (κ2) is 7.94. The Kier molecular flexibility index (Phi) is 5.46. The minimum Gasteiger partial charge on any atom is -0.352 e. The molecule has 128 valence electrons. The van der Waals surface area contributed by atoms with Gasteiger partial charge in [0.1, 0.15) is 5.82 Å². The van der Waals surface area contributed by atoms with Crippen LogP contribution in [0.2, 0.25) is 5.02 Å². The third-order valence-electron chi connectivity index (χ3n) is 3.88. The lowest BCUT2D eigenvalue weighted by atomic mass is 10.2. The maximum atomic E-state index is 12.0. The lowest BCUT2D eigenvalue weighted by Gasteiger charge is -2.06. The lowest BCUT2D eigenvalue weighted by molar-refractivity contribution is -0.121. The Morgan fingerprint density at radius 1 is 1.12 bits per heavy atom. The highest BCUT2D eigenvalue weighted by molar-refractivity contribution is 6.30. The average Bonchev–Trinajstić information content (AvgIpc) is 2.61. The standard InChI is InChI=1S/C19H18ClN3O2/c20-14-10-8-13(9-11-14)12-21-18(24)7-3-6-17-22-16-5-2-1-4-15(16)19(25)23-17/h1-2,4-5,8-11H,3,6-7,12H2,(H,21,24)(H,22,23,25). The Hall–Kier alpha value is -2.66. The third-order valence-corrected chi connectivity index (χ3v) is 4.13. The summed E-state index contributed by atoms with van der Waals surface area (Å²) in [5.41, 5.74) is 1.53. The molecule has 25 heavy (non-hydrogen) atoms. The van der Waals surface area contributed by atoms with Crippen molar-refractivity contribution in [1.82, 2.24) is 15.3 Å². The number of hydrogen-bond donors (Lipinski definition) is 2. The van der Waals surface area contributed by atoms with E-state index in [-0.39, 0.29) is 11.5 Å². The Balaban J connectivity index is 1.50. The zero-order chi connectivity index (χ0) is 17.6. The summed E-state index contributed by atoms with van der Waals surface area (Å²) < 4.78 is 0. The molecule has 2 aromatic carbocycles. The number of H-pyrrole nitrogens is 1. The molecular formula is C19H18ClN3O2. The van der Waals surface area contributed by atoms with E-state index in [0.717, 1.165) is 5.56 Å². The van der Waals surface area contributed by atoms with Gasteiger partial charge in [-0.1, -0.05) is 35.9 Å². The second-order valence-electron chi connectivity index (χ2n) is 5.79. The summed E-state index contributed by atoms with van der Waals surface area (Å²) in [6.07, 6.45) is 1.55. The van der Waals surface area contributed by atoms with Crippen molar-refractivity contribution in [2.45, 2.75) is 25.8 Å². The van der Waals surface area contributed by atoms with E-state index in [1.54, 1.807) is 18.2 Å². The van der Waals surface area contributed by atoms with Gasteiger partial charge in [0.25, 0.3) is 5.56 Å². The van der Waals surface area contributed by atoms with Gasteiger partial charge in [-0.05, 0) is 36.2 Å². The van der Waals surface area contributed by atoms with Gasteiger partial charge in [0.2, 0.25) is 5.91 Å². The van der Waals surface area contributed by atoms with Crippen molar-refractivity contribution in [2.24, 2.45) is 0 Å². The van der Waals surface area contributed by atoms with Crippen LogP contribution >= 0.6 is 11.6 Å². The molecule has 1 heterocycles. The largest absolute Gasteiger partial charge is 0.352 e. The summed E-state index contributed by atoms with van der Waals surface area (Å²) in [5, 5.41) is 4.12. The smallest absolute Gasteiger partial charge is 0.258 e. The van der Waals surface area contributed by atoms with Gasteiger partial charge in [-0.15, -0.1) is 0 Å². The maximum Gasteiger partial charge on any atom is 0.258 e. The summed E-state index contributed by atoms with van der Waals surface area (Å²) in [4.78, 5) is 31.1. The van der Waals surface area contributed by atoms with E-state index in [1.807, 2.05) is 30.3 Å². The summed E-state index contributed by atoms with van der Waals surface area (Å²) in [7, 11) is 0. The van der Waals surface area contributed by atoms with E-state index < -0.39 is 0 Å². The predicted molar refractivity (Wildman–Crippen MR) is 98.6 cm³/mol. The van der Waals surface area contributed by atoms with Gasteiger partial charge in [0.15, 0.2) is 0 Å². The Labute approximate surface area is 150 Å². The molecule has 5 nitrogen and oxygen atoms in total. The minimum atomic E-state index is -0.146. The number of hydrogen-bond acceptors (Lipinski definition) is 3. The van der Waals surface area contributed by atoms with E-state index in [4.69, 9.17) is 11.6 Å². The Bertz CT molecular complexity index is 935. The fraction of sp³-hybridized carbons (Fsp3) is 0.211. The number of benzene rings is 2. The fourth-order valence-corrected chi connectivity index (χ4v) is 2.69. The maximum absolute atomic E-state index is 12.0. The van der Waals surface area contributed by atoms with Crippen LogP contribution in [0.5, 0.6) is 0 Å². The first-order valence-electron chi connectivity index (χ1n) is 8.11. The molecule has 0 aliphatic rings. The van der Waals surface area contributed by atoms with Crippen molar-refractivity contribution in [1.29, 1.82) is 0 Å². The van der Waals surface area contributed by atoms with E-state index in [0.29, 0.717) is 47.6 Å². The van der Waals surface area contributed by atoms with E-state index in [1.165, 1.54) is 0 Å². The van der Waals surface area contributed by atoms with E-state index in [9.17, 15) is 9.59 Å². The molecule has 3 aromatic rings. The van der Waals surface area contributed by atoms with Gasteiger partial charge >= 0.3 is 0 Å². The summed E-state index contributed by atoms with van der Waals surface area (Å²) in [6.45, 7) is 0.473. The van der Waals surface area contributed by atoms with Crippen LogP contribution in [0.15, 0.2) is 53.3 Å². The fourth-order valence-electron chi connectivity index (χ4n) is 2.56. The molecule has 0 unspecified atom stereocenters. The number of fused-ring (bicyclic) bond motifs is 1. The number of carbonyl (C=O) groups excluding carboxylic acids is 1. The number of rotatable bonds is 6. The van der Waals surface area contributed by atoms with Gasteiger partial charge in [0, 0.05) is 24.4 Å². The van der Waals surface area contributed by atoms with E-state index >= 15 is 0 Å². The number of halogens is 1. The predicted octanol–water partition coefficient (Wildman–Crippen LogP) is 3.22. The van der Waals surface area contributed by atoms with Gasteiger partial charge in [-0.3, -0.25) is 9.59 Å². The SMILES string of the molecule is O=C(CCCc1nc2ccccc2c(=O)[nH]1)NCc1ccc(Cl)cc1. The number of nitrogens with zero attached hydrogens (tertiary/aromatic N) is 1. The number of para-hydroxylation sites is 1. The van der Waals surface area contributed by atoms with Crippen LogP contribution in [0.3, 0.4) is 0 Å². The average molecular weight is 356 g/mol. The van der Waals surface area contributed by atoms with Crippen LogP contribution in [0.1, 0.15) is 24.2 Å². The van der Waals surface area contributed by atoms with Crippen LogP contribution in [-0.2, 0) is 17.8 Å². The monoisotopic (exact) mass is 355 g/mol. The Morgan fingerprint density at radius 3 is 2.68 bits per heavy atom. The summed E-state index contributed by atoms with van der Waals surface area (Å²) >= 11 is 5.83. The van der Waals surface area contributed by atoms with Crippen molar-refractivity contribution in [3.8, 4) is 0 Å². The molecule has 2 N–H and O–H groups in total. The quantitative estimate of drug-likeness (QED) is 0.713. The van der Waals surface area contributed by atoms with Crippen LogP contribution in [0, 0.1) is 0 Å². The highest BCUT2D eigenvalue weighted by Crippen LogP contribution is 2.10. The minimum absolute atomic E-state index is 0.0295. The first-order valence-corrected chi connectivity index (χ1v) is 8.49. The van der Waals surface area contributed by atoms with Crippen LogP contribution in [-0.4, -0.2) is 15.9 Å². The number of nitrogens with one attached hydrogen (secondary N) is 2. The zero-order valence-corrected chi connectivity index (χ0v) is 14.3. The van der Waals surface area contributed by atoms with Gasteiger partial charge in [0.05, 0.1) is 10.9 Å². The van der Waals surface area contributed by atoms with Gasteiger partial charge in [-0.25, -0.2) is 4.98 Å². The first kappa shape index (κ1) is 17.2. The summed E-state index contributed by atoms with van der Waals surface area (Å²) in [6, 6.07) is 14.6. The molecular weight excluding hydrogens is 338 g/mol. The summed E-state index contributed by atoms with van der Waals surface area (Å²) in [5.74, 6) is 0.576. The third kappa shape index (κ3) is 4.67. The number of aromatic amines is 1. The van der Waals surface area contributed by atoms with Crippen molar-refractivity contribution >= 4 is 28.4 Å². The Morgan fingerprint density at radius 2 is 1.88 bits per heavy atom. The molecule has 0 fully saturated rings. The molecule has 1 amide bonds. The van der Waals surface area contributed by atoms with Crippen LogP contribution < -0.4 is 10.9 Å². The van der Waals surface area contributed by atoms with Crippen molar-refractivity contribution in [3.05, 3.63) is 75.3 Å². The zero-order valence-electron chi connectivity index (χ0n) is 13.6. The highest BCUT2D eigenvalue weighted by Gasteiger charge is 2.06. The van der Waals surface area contributed by atoms with Crippen molar-refractivity contribution < 1.29 is 4.79 Å². The normalized spacial score (nSPS) is 10.8. The molecule has 0 saturated heterocycles. The topological polar surface area (TPSA) is 74.8 Å². The van der Waals surface area contributed by atoms with Crippen molar-refractivity contribution in [3.63, 3.8) is 0 Å². The molecule has 0 bridgehead atoms. The van der Waals surface area contributed by atoms with Gasteiger partial charge < -0.3 is 10.3 Å². The molecule has 0 aliphatic carbocycles. The van der Waals surface area contributed by atoms with Crippen LogP contribution in [0.4, 0.5) is 0 Å². The number of aryl methyl sites for hydroxylation is 1. The molecule has 0 atom stereocenters. The van der Waals surface area contributed by atoms with Gasteiger partial charge in [-0.2, -0.15) is 0 Å². The molecule has 6 heteroatoms. The molecule has 0 aliphatic heterocycles. The van der Waals surface area contributed by atoms with E-state index in [2.05, 4.69) is 15.3 Å². The second-order valence-corrected chi connectivity index (χ2v) is 6.22. The molecule has 3 rings (SSSR count). The number of amides is 1. The van der Waals surface area contributed by atoms with Crippen molar-refractivity contribution in [2.75, 3.05) is 0 Å². The molecule has 0 spiro atoms. The highest BCUT2D eigenvalue weighted by atomic mass is 35.5. The van der Waals surface area contributed by atoms with Crippen LogP contribution in [0.25, 0.3) is 10.9 Å². The number of aromatic nitrogens is 2. The lowest BCUT2D eigenvalue weighted by Crippen LogP contribution is -2.22. The molecule has 0 radical (unpaired) electrons. The molecule has 1 aromatic heterocycles.